The molecule has 0 unspecified atom stereocenters. The summed E-state index contributed by atoms with van der Waals surface area (Å²) in [4.78, 5) is 15.6. The summed E-state index contributed by atoms with van der Waals surface area (Å²) in [6, 6.07) is 14.5. The quantitative estimate of drug-likeness (QED) is 0.667. The number of hydrogen-bond acceptors (Lipinski definition) is 6. The Balaban J connectivity index is 1.38. The largest absolute Gasteiger partial charge is 0.352 e. The molecular formula is C20H18ClN5S. The number of thiophene rings is 1. The van der Waals surface area contributed by atoms with Gasteiger partial charge in [-0.05, 0) is 29.8 Å². The molecule has 136 valence electrons. The summed E-state index contributed by atoms with van der Waals surface area (Å²) in [5.41, 5.74) is 1.56. The standard InChI is InChI=1S/C20H18ClN5S/c21-16-3-1-2-15(12-16)19-5-4-17(27-19)14-25-8-10-26(11-9-25)20-18(13-22)23-6-7-24-20/h1-7,12H,8-11,14H2. The van der Waals surface area contributed by atoms with Crippen LogP contribution in [0.4, 0.5) is 5.82 Å². The normalized spacial score (nSPS) is 14.9. The van der Waals surface area contributed by atoms with Gasteiger partial charge >= 0.3 is 0 Å². The van der Waals surface area contributed by atoms with E-state index < -0.39 is 0 Å². The molecular weight excluding hydrogens is 378 g/mol. The Morgan fingerprint density at radius 2 is 1.89 bits per heavy atom. The lowest BCUT2D eigenvalue weighted by molar-refractivity contribution is 0.251. The van der Waals surface area contributed by atoms with Gasteiger partial charge in [0.1, 0.15) is 6.07 Å². The van der Waals surface area contributed by atoms with Crippen molar-refractivity contribution in [3.63, 3.8) is 0 Å². The average molecular weight is 396 g/mol. The predicted molar refractivity (Wildman–Crippen MR) is 109 cm³/mol. The minimum Gasteiger partial charge on any atom is -0.352 e. The third kappa shape index (κ3) is 4.11. The van der Waals surface area contributed by atoms with Crippen molar-refractivity contribution in [2.75, 3.05) is 31.1 Å². The van der Waals surface area contributed by atoms with Gasteiger partial charge in [0.25, 0.3) is 0 Å². The average Bonchev–Trinajstić information content (AvgIpc) is 3.17. The molecule has 0 saturated carbocycles. The maximum absolute atomic E-state index is 9.21. The van der Waals surface area contributed by atoms with E-state index in [1.165, 1.54) is 9.75 Å². The molecule has 3 heterocycles. The van der Waals surface area contributed by atoms with Crippen LogP contribution in [-0.2, 0) is 6.54 Å². The third-order valence-electron chi connectivity index (χ3n) is 4.61. The molecule has 0 atom stereocenters. The topological polar surface area (TPSA) is 56.1 Å². The minimum atomic E-state index is 0.398. The third-order valence-corrected chi connectivity index (χ3v) is 5.96. The van der Waals surface area contributed by atoms with Crippen molar-refractivity contribution in [1.82, 2.24) is 14.9 Å². The van der Waals surface area contributed by atoms with Gasteiger partial charge in [-0.25, -0.2) is 9.97 Å². The van der Waals surface area contributed by atoms with Crippen molar-refractivity contribution in [1.29, 1.82) is 5.26 Å². The van der Waals surface area contributed by atoms with Gasteiger partial charge in [0, 0.05) is 59.9 Å². The fourth-order valence-corrected chi connectivity index (χ4v) is 4.48. The van der Waals surface area contributed by atoms with E-state index in [2.05, 4.69) is 44.0 Å². The fourth-order valence-electron chi connectivity index (χ4n) is 3.24. The van der Waals surface area contributed by atoms with Gasteiger partial charge < -0.3 is 4.90 Å². The molecule has 27 heavy (non-hydrogen) atoms. The van der Waals surface area contributed by atoms with Gasteiger partial charge in [0.2, 0.25) is 0 Å². The summed E-state index contributed by atoms with van der Waals surface area (Å²) >= 11 is 7.92. The number of aromatic nitrogens is 2. The summed E-state index contributed by atoms with van der Waals surface area (Å²) in [7, 11) is 0. The predicted octanol–water partition coefficient (Wildman–Crippen LogP) is 4.05. The Bertz CT molecular complexity index is 972. The second-order valence-corrected chi connectivity index (χ2v) is 7.98. The lowest BCUT2D eigenvalue weighted by atomic mass is 10.2. The molecule has 0 radical (unpaired) electrons. The van der Waals surface area contributed by atoms with E-state index in [1.807, 2.05) is 29.5 Å². The molecule has 2 aromatic heterocycles. The number of nitriles is 1. The van der Waals surface area contributed by atoms with Gasteiger partial charge in [-0.1, -0.05) is 23.7 Å². The molecule has 4 rings (SSSR count). The SMILES string of the molecule is N#Cc1nccnc1N1CCN(Cc2ccc(-c3cccc(Cl)c3)s2)CC1. The highest BCUT2D eigenvalue weighted by molar-refractivity contribution is 7.15. The van der Waals surface area contributed by atoms with Crippen molar-refractivity contribution in [2.24, 2.45) is 0 Å². The lowest BCUT2D eigenvalue weighted by Gasteiger charge is -2.35. The number of halogens is 1. The number of rotatable bonds is 4. The zero-order valence-electron chi connectivity index (χ0n) is 14.7. The smallest absolute Gasteiger partial charge is 0.183 e. The fraction of sp³-hybridized carbons (Fsp3) is 0.250. The molecule has 1 aliphatic rings. The van der Waals surface area contributed by atoms with E-state index in [0.29, 0.717) is 11.5 Å². The molecule has 0 bridgehead atoms. The van der Waals surface area contributed by atoms with Gasteiger partial charge in [0.15, 0.2) is 11.5 Å². The first kappa shape index (κ1) is 17.9. The van der Waals surface area contributed by atoms with E-state index in [4.69, 9.17) is 11.6 Å². The number of benzene rings is 1. The Labute approximate surface area is 167 Å². The molecule has 1 saturated heterocycles. The van der Waals surface area contributed by atoms with Gasteiger partial charge in [-0.2, -0.15) is 5.26 Å². The van der Waals surface area contributed by atoms with Crippen molar-refractivity contribution in [2.45, 2.75) is 6.54 Å². The van der Waals surface area contributed by atoms with Crippen LogP contribution < -0.4 is 4.90 Å². The van der Waals surface area contributed by atoms with E-state index in [9.17, 15) is 5.26 Å². The van der Waals surface area contributed by atoms with Crippen LogP contribution in [0.1, 0.15) is 10.6 Å². The zero-order valence-corrected chi connectivity index (χ0v) is 16.2. The number of anilines is 1. The Kier molecular flexibility index (Phi) is 5.35. The van der Waals surface area contributed by atoms with Crippen LogP contribution in [0.3, 0.4) is 0 Å². The minimum absolute atomic E-state index is 0.398. The van der Waals surface area contributed by atoms with Crippen LogP contribution in [0.15, 0.2) is 48.8 Å². The van der Waals surface area contributed by atoms with Crippen LogP contribution in [0, 0.1) is 11.3 Å². The van der Waals surface area contributed by atoms with E-state index in [1.54, 1.807) is 12.4 Å². The first-order valence-electron chi connectivity index (χ1n) is 8.76. The van der Waals surface area contributed by atoms with E-state index in [-0.39, 0.29) is 0 Å². The molecule has 0 N–H and O–H groups in total. The highest BCUT2D eigenvalue weighted by atomic mass is 35.5. The maximum atomic E-state index is 9.21. The summed E-state index contributed by atoms with van der Waals surface area (Å²) < 4.78 is 0. The molecule has 1 aromatic carbocycles. The van der Waals surface area contributed by atoms with E-state index in [0.717, 1.165) is 43.3 Å². The highest BCUT2D eigenvalue weighted by Crippen LogP contribution is 2.30. The Morgan fingerprint density at radius 3 is 2.67 bits per heavy atom. The molecule has 0 aliphatic carbocycles. The first-order valence-corrected chi connectivity index (χ1v) is 9.95. The van der Waals surface area contributed by atoms with Crippen molar-refractivity contribution in [3.8, 4) is 16.5 Å². The Hall–Kier alpha value is -2.46. The summed E-state index contributed by atoms with van der Waals surface area (Å²) in [5.74, 6) is 0.694. The number of nitrogens with zero attached hydrogens (tertiary/aromatic N) is 5. The van der Waals surface area contributed by atoms with Gasteiger partial charge in [-0.15, -0.1) is 11.3 Å². The zero-order chi connectivity index (χ0) is 18.6. The van der Waals surface area contributed by atoms with Crippen LogP contribution in [0.2, 0.25) is 5.02 Å². The molecule has 5 nitrogen and oxygen atoms in total. The Morgan fingerprint density at radius 1 is 1.07 bits per heavy atom. The molecule has 1 fully saturated rings. The van der Waals surface area contributed by atoms with Crippen LogP contribution >= 0.6 is 22.9 Å². The molecule has 7 heteroatoms. The highest BCUT2D eigenvalue weighted by Gasteiger charge is 2.21. The molecule has 3 aromatic rings. The van der Waals surface area contributed by atoms with Crippen molar-refractivity contribution < 1.29 is 0 Å². The van der Waals surface area contributed by atoms with Gasteiger partial charge in [0.05, 0.1) is 0 Å². The van der Waals surface area contributed by atoms with Crippen LogP contribution in [0.5, 0.6) is 0 Å². The van der Waals surface area contributed by atoms with Gasteiger partial charge in [-0.3, -0.25) is 4.90 Å². The monoisotopic (exact) mass is 395 g/mol. The first-order chi connectivity index (χ1) is 13.2. The number of piperazine rings is 1. The number of hydrogen-bond donors (Lipinski definition) is 0. The summed E-state index contributed by atoms with van der Waals surface area (Å²) in [6.07, 6.45) is 3.21. The molecule has 0 spiro atoms. The summed E-state index contributed by atoms with van der Waals surface area (Å²) in [6.45, 7) is 4.50. The molecule has 0 amide bonds. The summed E-state index contributed by atoms with van der Waals surface area (Å²) in [5, 5.41) is 9.98. The second kappa shape index (κ2) is 8.05. The maximum Gasteiger partial charge on any atom is 0.183 e. The lowest BCUT2D eigenvalue weighted by Crippen LogP contribution is -2.46. The van der Waals surface area contributed by atoms with E-state index >= 15 is 0 Å². The second-order valence-electron chi connectivity index (χ2n) is 6.38. The molecule has 1 aliphatic heterocycles. The van der Waals surface area contributed by atoms with Crippen molar-refractivity contribution in [3.05, 3.63) is 64.4 Å². The van der Waals surface area contributed by atoms with Crippen LogP contribution in [-0.4, -0.2) is 41.0 Å². The van der Waals surface area contributed by atoms with Crippen LogP contribution in [0.25, 0.3) is 10.4 Å². The van der Waals surface area contributed by atoms with Crippen molar-refractivity contribution >= 4 is 28.8 Å².